The maximum Gasteiger partial charge on any atom is 0.249 e. The number of carbonyl (C=O) groups excluding carboxylic acids is 1. The predicted octanol–water partition coefficient (Wildman–Crippen LogP) is 0.728. The number of allylic oxidation sites excluding steroid dienone is 3. The Morgan fingerprint density at radius 3 is 2.80 bits per heavy atom. The van der Waals surface area contributed by atoms with Crippen LogP contribution in [-0.4, -0.2) is 10.8 Å². The molecule has 0 spiro atoms. The third-order valence-corrected chi connectivity index (χ3v) is 1.65. The zero-order valence-electron chi connectivity index (χ0n) is 5.33. The molecule has 0 saturated carbocycles. The first kappa shape index (κ1) is 7.15. The molecule has 2 nitrogen and oxygen atoms in total. The van der Waals surface area contributed by atoms with Crippen molar-refractivity contribution in [1.82, 2.24) is 0 Å². The molecule has 52 valence electrons. The Hall–Kier alpha value is -0.960. The Bertz CT molecular complexity index is 240. The summed E-state index contributed by atoms with van der Waals surface area (Å²) < 4.78 is 0. The van der Waals surface area contributed by atoms with Crippen molar-refractivity contribution in [3.63, 3.8) is 0 Å². The van der Waals surface area contributed by atoms with E-state index in [-0.39, 0.29) is 0 Å². The predicted molar refractivity (Wildman–Crippen MR) is 43.6 cm³/mol. The Balaban J connectivity index is 2.91. The summed E-state index contributed by atoms with van der Waals surface area (Å²) in [7, 11) is 0. The fourth-order valence-corrected chi connectivity index (χ4v) is 1.03. The molecule has 0 aromatic carbocycles. The molecule has 0 bridgehead atoms. The zero-order valence-corrected chi connectivity index (χ0v) is 6.15. The van der Waals surface area contributed by atoms with Gasteiger partial charge in [0.2, 0.25) is 5.91 Å². The van der Waals surface area contributed by atoms with Crippen LogP contribution in [0, 0.1) is 0 Å². The monoisotopic (exact) mass is 153 g/mol. The Morgan fingerprint density at radius 2 is 2.40 bits per heavy atom. The summed E-state index contributed by atoms with van der Waals surface area (Å²) in [6.07, 6.45) is 5.99. The molecule has 0 fully saturated rings. The second kappa shape index (κ2) is 2.75. The average Bonchev–Trinajstić information content (AvgIpc) is 1.88. The number of thiocarbonyl (C=S) groups is 1. The first-order chi connectivity index (χ1) is 4.72. The van der Waals surface area contributed by atoms with E-state index < -0.39 is 5.91 Å². The van der Waals surface area contributed by atoms with Crippen molar-refractivity contribution >= 4 is 23.0 Å². The van der Waals surface area contributed by atoms with Gasteiger partial charge in [-0.3, -0.25) is 4.79 Å². The maximum atomic E-state index is 10.6. The molecule has 0 unspecified atom stereocenters. The van der Waals surface area contributed by atoms with Gasteiger partial charge in [-0.05, 0) is 6.08 Å². The van der Waals surface area contributed by atoms with Gasteiger partial charge in [0.1, 0.15) is 0 Å². The molecular weight excluding hydrogens is 146 g/mol. The van der Waals surface area contributed by atoms with Gasteiger partial charge in [-0.25, -0.2) is 0 Å². The van der Waals surface area contributed by atoms with Gasteiger partial charge in [-0.2, -0.15) is 0 Å². The van der Waals surface area contributed by atoms with Gasteiger partial charge in [-0.15, -0.1) is 0 Å². The molecular formula is C7H7NOS. The van der Waals surface area contributed by atoms with Gasteiger partial charge < -0.3 is 5.73 Å². The highest BCUT2D eigenvalue weighted by Crippen LogP contribution is 2.08. The van der Waals surface area contributed by atoms with E-state index in [9.17, 15) is 4.79 Å². The number of hydrogen-bond donors (Lipinski definition) is 1. The largest absolute Gasteiger partial charge is 0.366 e. The van der Waals surface area contributed by atoms with Crippen molar-refractivity contribution in [2.45, 2.75) is 6.42 Å². The maximum absolute atomic E-state index is 10.6. The van der Waals surface area contributed by atoms with Crippen molar-refractivity contribution in [2.75, 3.05) is 0 Å². The molecule has 1 rings (SSSR count). The van der Waals surface area contributed by atoms with Crippen LogP contribution >= 0.6 is 12.2 Å². The van der Waals surface area contributed by atoms with Gasteiger partial charge in [0.15, 0.2) is 0 Å². The number of carbonyl (C=O) groups is 1. The molecule has 0 saturated heterocycles. The van der Waals surface area contributed by atoms with Crippen LogP contribution in [0.2, 0.25) is 0 Å². The van der Waals surface area contributed by atoms with Crippen LogP contribution in [0.1, 0.15) is 6.42 Å². The summed E-state index contributed by atoms with van der Waals surface area (Å²) in [5.74, 6) is -0.436. The minimum Gasteiger partial charge on any atom is -0.366 e. The molecule has 0 aliphatic heterocycles. The lowest BCUT2D eigenvalue weighted by molar-refractivity contribution is -0.114. The second-order valence-corrected chi connectivity index (χ2v) is 2.49. The summed E-state index contributed by atoms with van der Waals surface area (Å²) in [5.41, 5.74) is 5.50. The van der Waals surface area contributed by atoms with E-state index in [1.165, 1.54) is 0 Å². The number of amides is 1. The lowest BCUT2D eigenvalue weighted by atomic mass is 10.0. The van der Waals surface area contributed by atoms with E-state index in [1.807, 2.05) is 6.08 Å². The molecule has 0 atom stereocenters. The van der Waals surface area contributed by atoms with Crippen molar-refractivity contribution in [3.05, 3.63) is 23.8 Å². The third-order valence-electron chi connectivity index (χ3n) is 1.27. The standard InChI is InChI=1S/C7H7NOS/c8-7(9)5-3-1-2-4-6(5)10/h1-3H,4H2,(H2,8,9). The van der Waals surface area contributed by atoms with Gasteiger partial charge in [0.25, 0.3) is 0 Å². The van der Waals surface area contributed by atoms with Gasteiger partial charge >= 0.3 is 0 Å². The quantitative estimate of drug-likeness (QED) is 0.564. The van der Waals surface area contributed by atoms with E-state index in [0.717, 1.165) is 0 Å². The van der Waals surface area contributed by atoms with Gasteiger partial charge in [0, 0.05) is 11.3 Å². The van der Waals surface area contributed by atoms with Crippen LogP contribution < -0.4 is 5.73 Å². The van der Waals surface area contributed by atoms with Crippen LogP contribution in [0.25, 0.3) is 0 Å². The molecule has 2 N–H and O–H groups in total. The molecule has 0 aromatic heterocycles. The van der Waals surface area contributed by atoms with E-state index >= 15 is 0 Å². The highest BCUT2D eigenvalue weighted by molar-refractivity contribution is 7.81. The lowest BCUT2D eigenvalue weighted by Gasteiger charge is -2.04. The topological polar surface area (TPSA) is 43.1 Å². The number of nitrogens with two attached hydrogens (primary N) is 1. The summed E-state index contributed by atoms with van der Waals surface area (Å²) in [6, 6.07) is 0. The third kappa shape index (κ3) is 1.30. The number of hydrogen-bond acceptors (Lipinski definition) is 2. The van der Waals surface area contributed by atoms with E-state index in [1.54, 1.807) is 12.2 Å². The first-order valence-electron chi connectivity index (χ1n) is 2.91. The van der Waals surface area contributed by atoms with E-state index in [4.69, 9.17) is 18.0 Å². The molecule has 0 aromatic rings. The van der Waals surface area contributed by atoms with E-state index in [2.05, 4.69) is 0 Å². The van der Waals surface area contributed by atoms with Crippen LogP contribution in [0.5, 0.6) is 0 Å². The Morgan fingerprint density at radius 1 is 1.70 bits per heavy atom. The minimum absolute atomic E-state index is 0.436. The van der Waals surface area contributed by atoms with Crippen molar-refractivity contribution in [1.29, 1.82) is 0 Å². The molecule has 1 amide bonds. The summed E-state index contributed by atoms with van der Waals surface area (Å²) in [5, 5.41) is 0. The number of rotatable bonds is 1. The molecule has 10 heavy (non-hydrogen) atoms. The summed E-state index contributed by atoms with van der Waals surface area (Å²) >= 11 is 4.88. The minimum atomic E-state index is -0.436. The van der Waals surface area contributed by atoms with Crippen LogP contribution in [-0.2, 0) is 4.79 Å². The smallest absolute Gasteiger partial charge is 0.249 e. The molecule has 0 radical (unpaired) electrons. The average molecular weight is 153 g/mol. The lowest BCUT2D eigenvalue weighted by Crippen LogP contribution is -2.20. The fraction of sp³-hybridized carbons (Fsp3) is 0.143. The highest BCUT2D eigenvalue weighted by atomic mass is 32.1. The van der Waals surface area contributed by atoms with Crippen LogP contribution in [0.3, 0.4) is 0 Å². The fourth-order valence-electron chi connectivity index (χ4n) is 0.762. The zero-order chi connectivity index (χ0) is 7.56. The van der Waals surface area contributed by atoms with Gasteiger partial charge in [-0.1, -0.05) is 24.4 Å². The van der Waals surface area contributed by atoms with Crippen LogP contribution in [0.4, 0.5) is 0 Å². The van der Waals surface area contributed by atoms with Crippen LogP contribution in [0.15, 0.2) is 23.8 Å². The van der Waals surface area contributed by atoms with Gasteiger partial charge in [0.05, 0.1) is 5.57 Å². The molecule has 3 heteroatoms. The van der Waals surface area contributed by atoms with Crippen molar-refractivity contribution < 1.29 is 4.79 Å². The summed E-state index contributed by atoms with van der Waals surface area (Å²) in [4.78, 5) is 11.2. The number of primary amides is 1. The Kier molecular flexibility index (Phi) is 1.97. The molecule has 1 aliphatic carbocycles. The van der Waals surface area contributed by atoms with Crippen molar-refractivity contribution in [2.24, 2.45) is 5.73 Å². The molecule has 0 heterocycles. The van der Waals surface area contributed by atoms with E-state index in [0.29, 0.717) is 16.9 Å². The Labute approximate surface area is 64.4 Å². The normalized spacial score (nSPS) is 16.8. The van der Waals surface area contributed by atoms with Crippen molar-refractivity contribution in [3.8, 4) is 0 Å². The SMILES string of the molecule is NC(=O)C1=CC=CCC1=S. The first-order valence-corrected chi connectivity index (χ1v) is 3.32. The molecule has 1 aliphatic rings. The summed E-state index contributed by atoms with van der Waals surface area (Å²) in [6.45, 7) is 0. The second-order valence-electron chi connectivity index (χ2n) is 2.00. The highest BCUT2D eigenvalue weighted by Gasteiger charge is 2.10.